The Labute approximate surface area is 152 Å². The van der Waals surface area contributed by atoms with Crippen LogP contribution in [0, 0.1) is 16.7 Å². The molecule has 0 unspecified atom stereocenters. The lowest BCUT2D eigenvalue weighted by molar-refractivity contribution is 0.282. The Morgan fingerprint density at radius 3 is 2.08 bits per heavy atom. The Balaban J connectivity index is 1.76. The van der Waals surface area contributed by atoms with Crippen molar-refractivity contribution in [3.05, 3.63) is 71.6 Å². The third kappa shape index (κ3) is 2.85. The molecule has 0 aliphatic heterocycles. The van der Waals surface area contributed by atoms with E-state index in [2.05, 4.69) is 17.1 Å². The number of allylic oxidation sites excluding steroid dienone is 4. The SMILES string of the molecule is N#Cc1ccc(C2=CC3(C=C2c2ccc(S(N)(=O)=O)cc2)CCC3)cn1. The molecule has 26 heavy (non-hydrogen) atoms. The number of nitrogens with two attached hydrogens (primary N) is 1. The van der Waals surface area contributed by atoms with Crippen molar-refractivity contribution in [2.24, 2.45) is 10.6 Å². The Morgan fingerprint density at radius 1 is 1.00 bits per heavy atom. The highest BCUT2D eigenvalue weighted by Gasteiger charge is 2.38. The van der Waals surface area contributed by atoms with Gasteiger partial charge in [-0.3, -0.25) is 0 Å². The van der Waals surface area contributed by atoms with E-state index < -0.39 is 10.0 Å². The molecule has 1 aromatic heterocycles. The summed E-state index contributed by atoms with van der Waals surface area (Å²) in [6.07, 6.45) is 9.69. The number of rotatable bonds is 3. The van der Waals surface area contributed by atoms with Crippen molar-refractivity contribution >= 4 is 21.2 Å². The fourth-order valence-electron chi connectivity index (χ4n) is 3.57. The molecular formula is C20H17N3O2S. The van der Waals surface area contributed by atoms with Crippen molar-refractivity contribution in [3.63, 3.8) is 0 Å². The molecule has 2 N–H and O–H groups in total. The molecule has 1 aromatic carbocycles. The van der Waals surface area contributed by atoms with Crippen LogP contribution in [0.15, 0.2) is 59.6 Å². The number of primary sulfonamides is 1. The Bertz CT molecular complexity index is 1070. The smallest absolute Gasteiger partial charge is 0.238 e. The number of hydrogen-bond donors (Lipinski definition) is 1. The van der Waals surface area contributed by atoms with Crippen molar-refractivity contribution in [2.75, 3.05) is 0 Å². The van der Waals surface area contributed by atoms with Gasteiger partial charge in [-0.15, -0.1) is 0 Å². The Hall–Kier alpha value is -2.75. The molecule has 130 valence electrons. The van der Waals surface area contributed by atoms with E-state index >= 15 is 0 Å². The summed E-state index contributed by atoms with van der Waals surface area (Å²) in [4.78, 5) is 4.28. The van der Waals surface area contributed by atoms with Crippen molar-refractivity contribution in [1.82, 2.24) is 4.98 Å². The number of nitrogens with zero attached hydrogens (tertiary/aromatic N) is 2. The normalized spacial score (nSPS) is 18.0. The summed E-state index contributed by atoms with van der Waals surface area (Å²) in [6.45, 7) is 0. The fourth-order valence-corrected chi connectivity index (χ4v) is 4.08. The topological polar surface area (TPSA) is 96.8 Å². The molecule has 5 nitrogen and oxygen atoms in total. The summed E-state index contributed by atoms with van der Waals surface area (Å²) in [5.74, 6) is 0. The van der Waals surface area contributed by atoms with Crippen LogP contribution in [0.5, 0.6) is 0 Å². The lowest BCUT2D eigenvalue weighted by Crippen LogP contribution is -2.22. The number of sulfonamides is 1. The zero-order valence-corrected chi connectivity index (χ0v) is 14.8. The van der Waals surface area contributed by atoms with E-state index in [0.717, 1.165) is 35.1 Å². The second-order valence-corrected chi connectivity index (χ2v) is 8.38. The lowest BCUT2D eigenvalue weighted by atomic mass is 9.70. The number of nitriles is 1. The molecule has 2 aliphatic rings. The predicted octanol–water partition coefficient (Wildman–Crippen LogP) is 3.25. The maximum absolute atomic E-state index is 11.5. The number of pyridine rings is 1. The lowest BCUT2D eigenvalue weighted by Gasteiger charge is -2.34. The van der Waals surface area contributed by atoms with Gasteiger partial charge in [0.1, 0.15) is 11.8 Å². The first-order valence-corrected chi connectivity index (χ1v) is 9.91. The molecule has 0 atom stereocenters. The average molecular weight is 363 g/mol. The summed E-state index contributed by atoms with van der Waals surface area (Å²) in [7, 11) is -3.71. The number of benzene rings is 1. The molecule has 6 heteroatoms. The summed E-state index contributed by atoms with van der Waals surface area (Å²) in [6, 6.07) is 12.3. The van der Waals surface area contributed by atoms with E-state index in [4.69, 9.17) is 10.4 Å². The molecule has 1 saturated carbocycles. The van der Waals surface area contributed by atoms with E-state index in [1.165, 1.54) is 18.6 Å². The van der Waals surface area contributed by atoms with Crippen molar-refractivity contribution < 1.29 is 8.42 Å². The van der Waals surface area contributed by atoms with E-state index in [1.807, 2.05) is 12.1 Å². The highest BCUT2D eigenvalue weighted by Crippen LogP contribution is 2.53. The summed E-state index contributed by atoms with van der Waals surface area (Å²) >= 11 is 0. The van der Waals surface area contributed by atoms with Crippen LogP contribution >= 0.6 is 0 Å². The maximum atomic E-state index is 11.5. The van der Waals surface area contributed by atoms with Gasteiger partial charge in [0.25, 0.3) is 0 Å². The van der Waals surface area contributed by atoms with Crippen LogP contribution < -0.4 is 5.14 Å². The summed E-state index contributed by atoms with van der Waals surface area (Å²) in [5.41, 5.74) is 4.50. The number of hydrogen-bond acceptors (Lipinski definition) is 4. The molecule has 1 heterocycles. The molecule has 2 aromatic rings. The monoisotopic (exact) mass is 363 g/mol. The van der Waals surface area contributed by atoms with Gasteiger partial charge in [0, 0.05) is 17.2 Å². The van der Waals surface area contributed by atoms with Gasteiger partial charge in [0.2, 0.25) is 10.0 Å². The molecule has 0 saturated heterocycles. The van der Waals surface area contributed by atoms with E-state index in [1.54, 1.807) is 24.4 Å². The largest absolute Gasteiger partial charge is 0.245 e. The minimum atomic E-state index is -3.71. The van der Waals surface area contributed by atoms with Crippen LogP contribution in [-0.4, -0.2) is 13.4 Å². The van der Waals surface area contributed by atoms with Crippen LogP contribution in [0.4, 0.5) is 0 Å². The maximum Gasteiger partial charge on any atom is 0.238 e. The minimum absolute atomic E-state index is 0.0805. The Kier molecular flexibility index (Phi) is 3.79. The van der Waals surface area contributed by atoms with Crippen molar-refractivity contribution in [1.29, 1.82) is 5.26 Å². The molecule has 1 spiro atoms. The van der Waals surface area contributed by atoms with Crippen molar-refractivity contribution in [3.8, 4) is 6.07 Å². The molecule has 0 amide bonds. The van der Waals surface area contributed by atoms with Gasteiger partial charge in [0.15, 0.2) is 0 Å². The summed E-state index contributed by atoms with van der Waals surface area (Å²) < 4.78 is 23.0. The third-order valence-corrected chi connectivity index (χ3v) is 6.05. The van der Waals surface area contributed by atoms with Crippen LogP contribution in [0.2, 0.25) is 0 Å². The first-order valence-electron chi connectivity index (χ1n) is 8.36. The van der Waals surface area contributed by atoms with Gasteiger partial charge in [-0.25, -0.2) is 18.5 Å². The zero-order chi connectivity index (χ0) is 18.4. The van der Waals surface area contributed by atoms with Gasteiger partial charge in [0.05, 0.1) is 4.90 Å². The summed E-state index contributed by atoms with van der Waals surface area (Å²) in [5, 5.41) is 14.1. The van der Waals surface area contributed by atoms with Gasteiger partial charge in [-0.05, 0) is 53.8 Å². The van der Waals surface area contributed by atoms with Crippen molar-refractivity contribution in [2.45, 2.75) is 24.2 Å². The molecule has 4 rings (SSSR count). The molecule has 0 radical (unpaired) electrons. The van der Waals surface area contributed by atoms with E-state index in [0.29, 0.717) is 5.69 Å². The highest BCUT2D eigenvalue weighted by atomic mass is 32.2. The molecule has 2 aliphatic carbocycles. The quantitative estimate of drug-likeness (QED) is 0.905. The minimum Gasteiger partial charge on any atom is -0.245 e. The predicted molar refractivity (Wildman–Crippen MR) is 99.0 cm³/mol. The first kappa shape index (κ1) is 16.7. The Morgan fingerprint density at radius 2 is 1.62 bits per heavy atom. The molecule has 0 bridgehead atoms. The fraction of sp³-hybridized carbons (Fsp3) is 0.200. The molecular weight excluding hydrogens is 346 g/mol. The van der Waals surface area contributed by atoms with Crippen LogP contribution in [-0.2, 0) is 10.0 Å². The van der Waals surface area contributed by atoms with Crippen LogP contribution in [0.1, 0.15) is 36.1 Å². The van der Waals surface area contributed by atoms with E-state index in [-0.39, 0.29) is 10.3 Å². The van der Waals surface area contributed by atoms with Gasteiger partial charge >= 0.3 is 0 Å². The second kappa shape index (κ2) is 5.90. The number of aromatic nitrogens is 1. The standard InChI is InChI=1S/C20H17N3O2S/c21-12-16-5-2-15(13-23-16)19-11-20(8-1-9-20)10-18(19)14-3-6-17(7-4-14)26(22,24)25/h2-7,10-11,13H,1,8-9H2,(H2,22,24,25). The average Bonchev–Trinajstić information content (AvgIpc) is 3.03. The zero-order valence-electron chi connectivity index (χ0n) is 14.0. The van der Waals surface area contributed by atoms with Gasteiger partial charge in [-0.2, -0.15) is 5.26 Å². The van der Waals surface area contributed by atoms with Crippen LogP contribution in [0.25, 0.3) is 11.1 Å². The van der Waals surface area contributed by atoms with Gasteiger partial charge < -0.3 is 0 Å². The molecule has 1 fully saturated rings. The highest BCUT2D eigenvalue weighted by molar-refractivity contribution is 7.89. The van der Waals surface area contributed by atoms with Crippen LogP contribution in [0.3, 0.4) is 0 Å². The third-order valence-electron chi connectivity index (χ3n) is 5.12. The van der Waals surface area contributed by atoms with E-state index in [9.17, 15) is 8.42 Å². The second-order valence-electron chi connectivity index (χ2n) is 6.82. The van der Waals surface area contributed by atoms with Gasteiger partial charge in [-0.1, -0.05) is 30.7 Å². The first-order chi connectivity index (χ1) is 12.4.